The van der Waals surface area contributed by atoms with Crippen LogP contribution in [0, 0.1) is 20.8 Å². The number of nitrogens with one attached hydrogen (secondary N) is 1. The number of hydrogen-bond acceptors (Lipinski definition) is 6. The van der Waals surface area contributed by atoms with Crippen LogP contribution in [0.15, 0.2) is 22.4 Å². The van der Waals surface area contributed by atoms with Crippen molar-refractivity contribution >= 4 is 17.7 Å². The third kappa shape index (κ3) is 2.76. The highest BCUT2D eigenvalue weighted by Gasteiger charge is 2.07. The zero-order chi connectivity index (χ0) is 13.1. The normalized spacial score (nSPS) is 10.4. The zero-order valence-electron chi connectivity index (χ0n) is 10.9. The summed E-state index contributed by atoms with van der Waals surface area (Å²) < 4.78 is 0. The minimum atomic E-state index is 0.598. The molecule has 6 heteroatoms. The Morgan fingerprint density at radius 1 is 1.06 bits per heavy atom. The van der Waals surface area contributed by atoms with E-state index in [1.807, 2.05) is 26.8 Å². The molecule has 0 unspecified atom stereocenters. The third-order valence-corrected chi connectivity index (χ3v) is 3.46. The minimum absolute atomic E-state index is 0.598. The predicted molar refractivity (Wildman–Crippen MR) is 71.9 cm³/mol. The van der Waals surface area contributed by atoms with Gasteiger partial charge in [-0.1, -0.05) is 0 Å². The molecule has 0 saturated carbocycles. The molecule has 18 heavy (non-hydrogen) atoms. The molecule has 2 aromatic heterocycles. The van der Waals surface area contributed by atoms with Crippen LogP contribution in [-0.2, 0) is 0 Å². The summed E-state index contributed by atoms with van der Waals surface area (Å²) in [6.45, 7) is 6.02. The van der Waals surface area contributed by atoms with Crippen molar-refractivity contribution in [2.45, 2.75) is 31.0 Å². The van der Waals surface area contributed by atoms with Crippen molar-refractivity contribution in [2.75, 3.05) is 12.4 Å². The molecule has 0 aliphatic heterocycles. The molecular formula is C12H15N5S. The lowest BCUT2D eigenvalue weighted by molar-refractivity contribution is 0.877. The summed E-state index contributed by atoms with van der Waals surface area (Å²) in [5, 5.41) is 4.46. The molecule has 0 aliphatic carbocycles. The molecule has 94 valence electrons. The molecule has 0 aliphatic rings. The molecular weight excluding hydrogens is 246 g/mol. The van der Waals surface area contributed by atoms with Crippen molar-refractivity contribution in [3.8, 4) is 0 Å². The number of nitrogens with zero attached hydrogens (tertiary/aromatic N) is 4. The second kappa shape index (κ2) is 5.30. The van der Waals surface area contributed by atoms with Gasteiger partial charge in [0.25, 0.3) is 0 Å². The Morgan fingerprint density at radius 2 is 1.72 bits per heavy atom. The number of anilines is 1. The molecule has 0 aromatic carbocycles. The fraction of sp³-hybridized carbons (Fsp3) is 0.333. The lowest BCUT2D eigenvalue weighted by atomic mass is 10.2. The van der Waals surface area contributed by atoms with Crippen LogP contribution in [0.25, 0.3) is 0 Å². The molecule has 5 nitrogen and oxygen atoms in total. The van der Waals surface area contributed by atoms with E-state index in [4.69, 9.17) is 0 Å². The van der Waals surface area contributed by atoms with Crippen LogP contribution in [0.4, 0.5) is 5.95 Å². The maximum absolute atomic E-state index is 4.46. The largest absolute Gasteiger partial charge is 0.357 e. The summed E-state index contributed by atoms with van der Waals surface area (Å²) in [5.41, 5.74) is 3.15. The van der Waals surface area contributed by atoms with E-state index in [1.165, 1.54) is 11.8 Å². The first-order valence-electron chi connectivity index (χ1n) is 5.60. The van der Waals surface area contributed by atoms with Gasteiger partial charge in [-0.15, -0.1) is 0 Å². The first-order chi connectivity index (χ1) is 8.60. The lowest BCUT2D eigenvalue weighted by Crippen LogP contribution is -1.99. The fourth-order valence-electron chi connectivity index (χ4n) is 1.40. The van der Waals surface area contributed by atoms with Gasteiger partial charge in [-0.25, -0.2) is 19.9 Å². The molecule has 2 aromatic rings. The molecule has 2 heterocycles. The van der Waals surface area contributed by atoms with Crippen molar-refractivity contribution in [2.24, 2.45) is 0 Å². The molecule has 0 spiro atoms. The first kappa shape index (κ1) is 12.8. The Balaban J connectivity index is 2.28. The van der Waals surface area contributed by atoms with Crippen LogP contribution in [0.5, 0.6) is 0 Å². The average Bonchev–Trinajstić information content (AvgIpc) is 2.36. The zero-order valence-corrected chi connectivity index (χ0v) is 11.7. The second-order valence-corrected chi connectivity index (χ2v) is 4.86. The maximum atomic E-state index is 4.46. The van der Waals surface area contributed by atoms with Gasteiger partial charge in [0.15, 0.2) is 5.16 Å². The summed E-state index contributed by atoms with van der Waals surface area (Å²) in [6, 6.07) is 1.85. The van der Waals surface area contributed by atoms with Gasteiger partial charge in [-0.05, 0) is 44.2 Å². The summed E-state index contributed by atoms with van der Waals surface area (Å²) in [7, 11) is 1.79. The van der Waals surface area contributed by atoms with E-state index in [0.29, 0.717) is 5.95 Å². The Hall–Kier alpha value is -1.69. The summed E-state index contributed by atoms with van der Waals surface area (Å²) in [6.07, 6.45) is 1.72. The maximum Gasteiger partial charge on any atom is 0.223 e. The van der Waals surface area contributed by atoms with E-state index in [2.05, 4.69) is 25.3 Å². The van der Waals surface area contributed by atoms with E-state index < -0.39 is 0 Å². The van der Waals surface area contributed by atoms with E-state index in [-0.39, 0.29) is 0 Å². The Morgan fingerprint density at radius 3 is 2.33 bits per heavy atom. The molecule has 0 radical (unpaired) electrons. The fourth-order valence-corrected chi connectivity index (χ4v) is 2.21. The number of aryl methyl sites for hydroxylation is 2. The third-order valence-electron chi connectivity index (χ3n) is 2.66. The molecule has 2 rings (SSSR count). The summed E-state index contributed by atoms with van der Waals surface area (Å²) in [4.78, 5) is 17.3. The van der Waals surface area contributed by atoms with Crippen molar-refractivity contribution < 1.29 is 0 Å². The van der Waals surface area contributed by atoms with Gasteiger partial charge < -0.3 is 5.32 Å². The highest BCUT2D eigenvalue weighted by molar-refractivity contribution is 7.99. The summed E-state index contributed by atoms with van der Waals surface area (Å²) in [5.74, 6) is 0.598. The van der Waals surface area contributed by atoms with Crippen LogP contribution < -0.4 is 5.32 Å². The average molecular weight is 261 g/mol. The van der Waals surface area contributed by atoms with Crippen LogP contribution in [0.2, 0.25) is 0 Å². The number of hydrogen-bond donors (Lipinski definition) is 1. The highest BCUT2D eigenvalue weighted by atomic mass is 32.2. The van der Waals surface area contributed by atoms with E-state index in [1.54, 1.807) is 13.2 Å². The van der Waals surface area contributed by atoms with E-state index in [9.17, 15) is 0 Å². The van der Waals surface area contributed by atoms with Crippen molar-refractivity contribution in [3.05, 3.63) is 29.2 Å². The monoisotopic (exact) mass is 261 g/mol. The van der Waals surface area contributed by atoms with Crippen molar-refractivity contribution in [3.63, 3.8) is 0 Å². The van der Waals surface area contributed by atoms with Crippen LogP contribution in [0.1, 0.15) is 17.0 Å². The topological polar surface area (TPSA) is 63.6 Å². The Bertz CT molecular complexity index is 547. The molecule has 0 amide bonds. The Labute approximate surface area is 110 Å². The van der Waals surface area contributed by atoms with Gasteiger partial charge in [0.05, 0.1) is 0 Å². The van der Waals surface area contributed by atoms with Crippen molar-refractivity contribution in [1.82, 2.24) is 19.9 Å². The van der Waals surface area contributed by atoms with Gasteiger partial charge in [-0.3, -0.25) is 0 Å². The van der Waals surface area contributed by atoms with Crippen LogP contribution in [0.3, 0.4) is 0 Å². The number of aromatic nitrogens is 4. The molecule has 0 fully saturated rings. The summed E-state index contributed by atoms with van der Waals surface area (Å²) >= 11 is 1.44. The van der Waals surface area contributed by atoms with E-state index >= 15 is 0 Å². The highest BCUT2D eigenvalue weighted by Crippen LogP contribution is 2.24. The van der Waals surface area contributed by atoms with Gasteiger partial charge in [-0.2, -0.15) is 0 Å². The van der Waals surface area contributed by atoms with Crippen molar-refractivity contribution in [1.29, 1.82) is 0 Å². The standard InChI is InChI=1S/C12H15N5S/c1-7-8(2)15-12(16-9(7)3)18-10-5-6-14-11(13-4)17-10/h5-6H,1-4H3,(H,13,14,17). The minimum Gasteiger partial charge on any atom is -0.357 e. The quantitative estimate of drug-likeness (QED) is 0.676. The van der Waals surface area contributed by atoms with Crippen LogP contribution >= 0.6 is 11.8 Å². The predicted octanol–water partition coefficient (Wildman–Crippen LogP) is 2.38. The SMILES string of the molecule is CNc1nccc(Sc2nc(C)c(C)c(C)n2)n1. The molecule has 0 atom stereocenters. The Kier molecular flexibility index (Phi) is 3.76. The van der Waals surface area contributed by atoms with Gasteiger partial charge in [0.2, 0.25) is 5.95 Å². The first-order valence-corrected chi connectivity index (χ1v) is 6.42. The molecule has 1 N–H and O–H groups in total. The number of rotatable bonds is 3. The van der Waals surface area contributed by atoms with Crippen LogP contribution in [-0.4, -0.2) is 27.0 Å². The van der Waals surface area contributed by atoms with Gasteiger partial charge in [0, 0.05) is 24.6 Å². The molecule has 0 saturated heterocycles. The van der Waals surface area contributed by atoms with Gasteiger partial charge >= 0.3 is 0 Å². The van der Waals surface area contributed by atoms with Gasteiger partial charge in [0.1, 0.15) is 5.03 Å². The second-order valence-electron chi connectivity index (χ2n) is 3.87. The smallest absolute Gasteiger partial charge is 0.223 e. The molecule has 0 bridgehead atoms. The van der Waals surface area contributed by atoms with E-state index in [0.717, 1.165) is 27.1 Å². The lowest BCUT2D eigenvalue weighted by Gasteiger charge is -2.06.